The lowest BCUT2D eigenvalue weighted by atomic mass is 10.1. The van der Waals surface area contributed by atoms with Crippen molar-refractivity contribution in [2.45, 2.75) is 6.18 Å². The van der Waals surface area contributed by atoms with Gasteiger partial charge in [-0.3, -0.25) is 4.79 Å². The molecule has 0 unspecified atom stereocenters. The number of rotatable bonds is 2. The zero-order chi connectivity index (χ0) is 12.5. The van der Waals surface area contributed by atoms with Crippen LogP contribution in [0.1, 0.15) is 10.4 Å². The van der Waals surface area contributed by atoms with Crippen molar-refractivity contribution in [1.29, 1.82) is 0 Å². The van der Waals surface area contributed by atoms with Gasteiger partial charge in [0.25, 0.3) is 5.78 Å². The number of methoxy groups -OCH3 is 1. The highest BCUT2D eigenvalue weighted by Gasteiger charge is 2.39. The van der Waals surface area contributed by atoms with E-state index in [1.54, 1.807) is 0 Å². The Labute approximate surface area is 93.4 Å². The Morgan fingerprint density at radius 2 is 2.00 bits per heavy atom. The van der Waals surface area contributed by atoms with Gasteiger partial charge in [-0.25, -0.2) is 0 Å². The molecular formula is C9H6ClF3O3. The lowest BCUT2D eigenvalue weighted by Gasteiger charge is -2.09. The summed E-state index contributed by atoms with van der Waals surface area (Å²) in [4.78, 5) is 10.9. The van der Waals surface area contributed by atoms with Crippen molar-refractivity contribution in [3.63, 3.8) is 0 Å². The van der Waals surface area contributed by atoms with E-state index in [-0.39, 0.29) is 10.8 Å². The fourth-order valence-electron chi connectivity index (χ4n) is 1.02. The van der Waals surface area contributed by atoms with Gasteiger partial charge in [-0.15, -0.1) is 0 Å². The number of carbonyl (C=O) groups is 1. The van der Waals surface area contributed by atoms with E-state index in [2.05, 4.69) is 4.74 Å². The molecule has 0 bridgehead atoms. The number of phenols is 1. The molecule has 0 aliphatic heterocycles. The lowest BCUT2D eigenvalue weighted by Crippen LogP contribution is -2.22. The topological polar surface area (TPSA) is 46.5 Å². The maximum absolute atomic E-state index is 12.1. The van der Waals surface area contributed by atoms with Crippen molar-refractivity contribution in [2.75, 3.05) is 7.11 Å². The molecule has 0 amide bonds. The largest absolute Gasteiger partial charge is 0.503 e. The van der Waals surface area contributed by atoms with Crippen LogP contribution in [0.25, 0.3) is 0 Å². The van der Waals surface area contributed by atoms with Crippen LogP contribution >= 0.6 is 11.6 Å². The zero-order valence-electron chi connectivity index (χ0n) is 7.93. The molecule has 0 atom stereocenters. The Balaban J connectivity index is 3.27. The van der Waals surface area contributed by atoms with Crippen LogP contribution < -0.4 is 4.74 Å². The summed E-state index contributed by atoms with van der Waals surface area (Å²) in [6.45, 7) is 0. The quantitative estimate of drug-likeness (QED) is 0.826. The van der Waals surface area contributed by atoms with Crippen molar-refractivity contribution >= 4 is 17.4 Å². The van der Waals surface area contributed by atoms with Crippen molar-refractivity contribution in [3.8, 4) is 11.5 Å². The molecule has 0 aromatic heterocycles. The summed E-state index contributed by atoms with van der Waals surface area (Å²) in [7, 11) is 1.13. The van der Waals surface area contributed by atoms with Crippen LogP contribution in [0.4, 0.5) is 13.2 Å². The molecule has 0 spiro atoms. The van der Waals surface area contributed by atoms with Gasteiger partial charge < -0.3 is 9.84 Å². The summed E-state index contributed by atoms with van der Waals surface area (Å²) in [5, 5.41) is 8.87. The Bertz CT molecular complexity index is 429. The van der Waals surface area contributed by atoms with E-state index in [4.69, 9.17) is 11.6 Å². The second kappa shape index (κ2) is 4.21. The molecule has 16 heavy (non-hydrogen) atoms. The first-order chi connectivity index (χ1) is 7.27. The molecule has 0 aliphatic carbocycles. The predicted octanol–water partition coefficient (Wildman–Crippen LogP) is 2.80. The first-order valence-electron chi connectivity index (χ1n) is 3.95. The number of hydrogen-bond donors (Lipinski definition) is 1. The summed E-state index contributed by atoms with van der Waals surface area (Å²) < 4.78 is 40.9. The number of benzene rings is 1. The van der Waals surface area contributed by atoms with Crippen LogP contribution in [0.3, 0.4) is 0 Å². The Kier molecular flexibility index (Phi) is 3.32. The fourth-order valence-corrected chi connectivity index (χ4v) is 1.23. The Morgan fingerprint density at radius 3 is 2.44 bits per heavy atom. The van der Waals surface area contributed by atoms with E-state index in [9.17, 15) is 23.1 Å². The second-order valence-electron chi connectivity index (χ2n) is 2.84. The van der Waals surface area contributed by atoms with Crippen LogP contribution in [-0.4, -0.2) is 24.2 Å². The van der Waals surface area contributed by atoms with E-state index >= 15 is 0 Å². The van der Waals surface area contributed by atoms with E-state index in [0.29, 0.717) is 0 Å². The predicted molar refractivity (Wildman–Crippen MR) is 50.1 cm³/mol. The molecule has 0 fully saturated rings. The van der Waals surface area contributed by atoms with Gasteiger partial charge in [0.05, 0.1) is 12.1 Å². The number of alkyl halides is 3. The smallest absolute Gasteiger partial charge is 0.454 e. The normalized spacial score (nSPS) is 11.3. The number of ether oxygens (including phenoxy) is 1. The minimum atomic E-state index is -4.99. The molecule has 1 aromatic rings. The van der Waals surface area contributed by atoms with Gasteiger partial charge >= 0.3 is 6.18 Å². The van der Waals surface area contributed by atoms with Gasteiger partial charge in [-0.05, 0) is 12.1 Å². The molecule has 7 heteroatoms. The average Bonchev–Trinajstić information content (AvgIpc) is 2.19. The molecule has 0 aliphatic rings. The Morgan fingerprint density at radius 1 is 1.44 bits per heavy atom. The van der Waals surface area contributed by atoms with Crippen molar-refractivity contribution in [3.05, 3.63) is 22.7 Å². The standard InChI is InChI=1S/C9H6ClF3O3/c1-16-6-3-4(2-5(10)7(6)14)8(15)9(11,12)13/h2-3,14H,1H3. The number of hydrogen-bond acceptors (Lipinski definition) is 3. The highest BCUT2D eigenvalue weighted by Crippen LogP contribution is 2.36. The molecule has 1 N–H and O–H groups in total. The Hall–Kier alpha value is -1.43. The van der Waals surface area contributed by atoms with Crippen LogP contribution in [0.5, 0.6) is 11.5 Å². The second-order valence-corrected chi connectivity index (χ2v) is 3.24. The third kappa shape index (κ3) is 2.38. The van der Waals surface area contributed by atoms with Gasteiger partial charge in [-0.2, -0.15) is 13.2 Å². The molecule has 1 aromatic carbocycles. The SMILES string of the molecule is COc1cc(C(=O)C(F)(F)F)cc(Cl)c1O. The molecule has 0 saturated heterocycles. The molecule has 0 heterocycles. The first-order valence-corrected chi connectivity index (χ1v) is 4.33. The first kappa shape index (κ1) is 12.6. The van der Waals surface area contributed by atoms with Crippen LogP contribution in [-0.2, 0) is 0 Å². The summed E-state index contributed by atoms with van der Waals surface area (Å²) in [5.41, 5.74) is -0.688. The van der Waals surface area contributed by atoms with Gasteiger partial charge in [-0.1, -0.05) is 11.6 Å². The number of halogens is 4. The van der Waals surface area contributed by atoms with Crippen LogP contribution in [0.15, 0.2) is 12.1 Å². The summed E-state index contributed by atoms with van der Waals surface area (Å²) in [6, 6.07) is 1.51. The number of phenolic OH excluding ortho intramolecular Hbond substituents is 1. The van der Waals surface area contributed by atoms with Gasteiger partial charge in [0.15, 0.2) is 11.5 Å². The molecular weight excluding hydrogens is 249 g/mol. The number of carbonyl (C=O) groups excluding carboxylic acids is 1. The molecule has 0 radical (unpaired) electrons. The lowest BCUT2D eigenvalue weighted by molar-refractivity contribution is -0.0885. The van der Waals surface area contributed by atoms with Crippen molar-refractivity contribution in [2.24, 2.45) is 0 Å². The van der Waals surface area contributed by atoms with Crippen LogP contribution in [0, 0.1) is 0 Å². The third-order valence-electron chi connectivity index (χ3n) is 1.77. The van der Waals surface area contributed by atoms with E-state index in [1.165, 1.54) is 0 Å². The van der Waals surface area contributed by atoms with Crippen molar-refractivity contribution < 1.29 is 27.8 Å². The molecule has 1 rings (SSSR count). The molecule has 88 valence electrons. The number of aromatic hydroxyl groups is 1. The van der Waals surface area contributed by atoms with Gasteiger partial charge in [0, 0.05) is 5.56 Å². The highest BCUT2D eigenvalue weighted by molar-refractivity contribution is 6.32. The number of ketones is 1. The van der Waals surface area contributed by atoms with E-state index in [0.717, 1.165) is 19.2 Å². The zero-order valence-corrected chi connectivity index (χ0v) is 8.69. The highest BCUT2D eigenvalue weighted by atomic mass is 35.5. The van der Waals surface area contributed by atoms with Gasteiger partial charge in [0.2, 0.25) is 0 Å². The van der Waals surface area contributed by atoms with Crippen LogP contribution in [0.2, 0.25) is 5.02 Å². The fraction of sp³-hybridized carbons (Fsp3) is 0.222. The maximum Gasteiger partial charge on any atom is 0.454 e. The average molecular weight is 255 g/mol. The summed E-state index contributed by atoms with van der Waals surface area (Å²) in [5.74, 6) is -2.85. The van der Waals surface area contributed by atoms with E-state index < -0.39 is 23.3 Å². The summed E-state index contributed by atoms with van der Waals surface area (Å²) in [6.07, 6.45) is -4.99. The van der Waals surface area contributed by atoms with Crippen molar-refractivity contribution in [1.82, 2.24) is 0 Å². The summed E-state index contributed by atoms with van der Waals surface area (Å²) >= 11 is 5.44. The minimum Gasteiger partial charge on any atom is -0.503 e. The van der Waals surface area contributed by atoms with E-state index in [1.807, 2.05) is 0 Å². The molecule has 0 saturated carbocycles. The van der Waals surface area contributed by atoms with Gasteiger partial charge in [0.1, 0.15) is 0 Å². The minimum absolute atomic E-state index is 0.292. The molecule has 3 nitrogen and oxygen atoms in total. The third-order valence-corrected chi connectivity index (χ3v) is 2.06. The number of Topliss-reactive ketones (excluding diaryl/α,β-unsaturated/α-hetero) is 1. The maximum atomic E-state index is 12.1. The monoisotopic (exact) mass is 254 g/mol.